The molecule has 0 atom stereocenters. The molecule has 1 amide bonds. The van der Waals surface area contributed by atoms with Crippen LogP contribution in [-0.2, 0) is 21.5 Å². The Morgan fingerprint density at radius 1 is 1.16 bits per heavy atom. The van der Waals surface area contributed by atoms with Crippen LogP contribution in [0.1, 0.15) is 37.7 Å². The van der Waals surface area contributed by atoms with Crippen LogP contribution in [0.4, 0.5) is 0 Å². The number of hydrogen-bond acceptors (Lipinski definition) is 3. The molecular weight excluding hydrogens is 362 g/mol. The van der Waals surface area contributed by atoms with Crippen LogP contribution in [0.2, 0.25) is 5.02 Å². The lowest BCUT2D eigenvalue weighted by atomic mass is 10.2. The van der Waals surface area contributed by atoms with E-state index in [2.05, 4.69) is 5.32 Å². The van der Waals surface area contributed by atoms with Gasteiger partial charge in [-0.05, 0) is 37.0 Å². The van der Waals surface area contributed by atoms with Crippen molar-refractivity contribution in [2.75, 3.05) is 19.6 Å². The predicted molar refractivity (Wildman–Crippen MR) is 97.4 cm³/mol. The summed E-state index contributed by atoms with van der Waals surface area (Å²) in [6.45, 7) is 0.997. The Morgan fingerprint density at radius 2 is 1.88 bits per heavy atom. The molecule has 0 aromatic heterocycles. The zero-order valence-corrected chi connectivity index (χ0v) is 15.7. The van der Waals surface area contributed by atoms with Gasteiger partial charge in [-0.3, -0.25) is 4.79 Å². The number of rotatable bonds is 5. The van der Waals surface area contributed by atoms with Gasteiger partial charge in [-0.15, -0.1) is 0 Å². The zero-order chi connectivity index (χ0) is 17.9. The second kappa shape index (κ2) is 8.03. The fourth-order valence-electron chi connectivity index (χ4n) is 3.48. The normalized spacial score (nSPS) is 22.1. The average Bonchev–Trinajstić information content (AvgIpc) is 3.04. The lowest BCUT2D eigenvalue weighted by Crippen LogP contribution is -2.52. The van der Waals surface area contributed by atoms with E-state index in [-0.39, 0.29) is 25.0 Å². The van der Waals surface area contributed by atoms with Gasteiger partial charge >= 0.3 is 0 Å². The molecule has 1 N–H and O–H groups in total. The molecule has 1 aliphatic heterocycles. The smallest absolute Gasteiger partial charge is 0.282 e. The van der Waals surface area contributed by atoms with Gasteiger partial charge in [0.15, 0.2) is 0 Å². The lowest BCUT2D eigenvalue weighted by molar-refractivity contribution is -0.122. The lowest BCUT2D eigenvalue weighted by Gasteiger charge is -2.34. The van der Waals surface area contributed by atoms with E-state index in [9.17, 15) is 13.2 Å². The second-order valence-corrected chi connectivity index (χ2v) is 9.07. The summed E-state index contributed by atoms with van der Waals surface area (Å²) in [6, 6.07) is 7.38. The van der Waals surface area contributed by atoms with Crippen molar-refractivity contribution in [3.05, 3.63) is 34.9 Å². The van der Waals surface area contributed by atoms with Crippen LogP contribution >= 0.6 is 11.6 Å². The Labute approximate surface area is 154 Å². The number of hydrogen-bond donors (Lipinski definition) is 1. The van der Waals surface area contributed by atoms with Crippen LogP contribution in [0.5, 0.6) is 0 Å². The Kier molecular flexibility index (Phi) is 5.99. The topological polar surface area (TPSA) is 69.7 Å². The summed E-state index contributed by atoms with van der Waals surface area (Å²) >= 11 is 5.98. The average molecular weight is 386 g/mol. The van der Waals surface area contributed by atoms with Gasteiger partial charge in [0.1, 0.15) is 0 Å². The quantitative estimate of drug-likeness (QED) is 0.844. The number of benzene rings is 1. The molecule has 8 heteroatoms. The van der Waals surface area contributed by atoms with Crippen molar-refractivity contribution < 1.29 is 13.2 Å². The number of amides is 1. The highest BCUT2D eigenvalue weighted by Gasteiger charge is 2.35. The fourth-order valence-corrected chi connectivity index (χ4v) is 5.33. The molecular formula is C17H24ClN3O3S. The minimum absolute atomic E-state index is 0.106. The van der Waals surface area contributed by atoms with E-state index in [0.717, 1.165) is 31.2 Å². The van der Waals surface area contributed by atoms with Crippen molar-refractivity contribution in [1.29, 1.82) is 0 Å². The van der Waals surface area contributed by atoms with Crippen LogP contribution in [0.15, 0.2) is 24.3 Å². The number of carbonyl (C=O) groups is 1. The molecule has 6 nitrogen and oxygen atoms in total. The first-order valence-electron chi connectivity index (χ1n) is 8.74. The molecule has 0 radical (unpaired) electrons. The molecule has 25 heavy (non-hydrogen) atoms. The molecule has 138 valence electrons. The standard InChI is InChI=1S/C17H24ClN3O3S/c18-15-6-3-5-14(11-15)12-20-9-4-10-21(25(20,23)24)13-17(22)19-16-7-1-2-8-16/h3,5-6,11,16H,1-2,4,7-10,12-13H2,(H,19,22). The van der Waals surface area contributed by atoms with E-state index in [0.29, 0.717) is 24.5 Å². The van der Waals surface area contributed by atoms with Gasteiger partial charge in [-0.1, -0.05) is 36.6 Å². The monoisotopic (exact) mass is 385 g/mol. The second-order valence-electron chi connectivity index (χ2n) is 6.71. The molecule has 0 unspecified atom stereocenters. The van der Waals surface area contributed by atoms with Gasteiger partial charge in [0, 0.05) is 30.7 Å². The summed E-state index contributed by atoms with van der Waals surface area (Å²) in [6.07, 6.45) is 4.93. The summed E-state index contributed by atoms with van der Waals surface area (Å²) in [7, 11) is -3.64. The first-order valence-corrected chi connectivity index (χ1v) is 10.5. The summed E-state index contributed by atoms with van der Waals surface area (Å²) in [5.74, 6) is -0.208. The molecule has 1 saturated heterocycles. The minimum Gasteiger partial charge on any atom is -0.352 e. The van der Waals surface area contributed by atoms with Crippen molar-refractivity contribution in [2.45, 2.75) is 44.7 Å². The largest absolute Gasteiger partial charge is 0.352 e. The predicted octanol–water partition coefficient (Wildman–Crippen LogP) is 2.15. The minimum atomic E-state index is -3.64. The molecule has 1 aromatic carbocycles. The van der Waals surface area contributed by atoms with Crippen LogP contribution in [0, 0.1) is 0 Å². The van der Waals surface area contributed by atoms with Crippen LogP contribution < -0.4 is 5.32 Å². The summed E-state index contributed by atoms with van der Waals surface area (Å²) in [5.41, 5.74) is 0.841. The van der Waals surface area contributed by atoms with Gasteiger partial charge in [0.05, 0.1) is 6.54 Å². The molecule has 2 aliphatic rings. The van der Waals surface area contributed by atoms with E-state index in [1.165, 1.54) is 8.61 Å². The highest BCUT2D eigenvalue weighted by molar-refractivity contribution is 7.86. The van der Waals surface area contributed by atoms with Gasteiger partial charge in [0.25, 0.3) is 10.2 Å². The van der Waals surface area contributed by atoms with Gasteiger partial charge in [-0.25, -0.2) is 0 Å². The molecule has 0 spiro atoms. The Balaban J connectivity index is 1.63. The van der Waals surface area contributed by atoms with E-state index < -0.39 is 10.2 Å². The van der Waals surface area contributed by atoms with Gasteiger partial charge in [-0.2, -0.15) is 17.0 Å². The van der Waals surface area contributed by atoms with Crippen LogP contribution in [-0.4, -0.2) is 48.6 Å². The molecule has 1 saturated carbocycles. The Bertz CT molecular complexity index is 720. The first-order chi connectivity index (χ1) is 11.9. The molecule has 1 aromatic rings. The molecule has 3 rings (SSSR count). The van der Waals surface area contributed by atoms with Gasteiger partial charge < -0.3 is 5.32 Å². The summed E-state index contributed by atoms with van der Waals surface area (Å²) < 4.78 is 28.3. The third kappa shape index (κ3) is 4.73. The summed E-state index contributed by atoms with van der Waals surface area (Å²) in [4.78, 5) is 12.2. The highest BCUT2D eigenvalue weighted by Crippen LogP contribution is 2.21. The molecule has 1 aliphatic carbocycles. The zero-order valence-electron chi connectivity index (χ0n) is 14.2. The van der Waals surface area contributed by atoms with E-state index in [1.54, 1.807) is 18.2 Å². The maximum atomic E-state index is 12.8. The van der Waals surface area contributed by atoms with E-state index in [4.69, 9.17) is 11.6 Å². The summed E-state index contributed by atoms with van der Waals surface area (Å²) in [5, 5.41) is 3.54. The number of nitrogens with zero attached hydrogens (tertiary/aromatic N) is 2. The van der Waals surface area contributed by atoms with Crippen molar-refractivity contribution >= 4 is 27.7 Å². The van der Waals surface area contributed by atoms with Crippen molar-refractivity contribution in [3.63, 3.8) is 0 Å². The highest BCUT2D eigenvalue weighted by atomic mass is 35.5. The first kappa shape index (κ1) is 18.6. The molecule has 1 heterocycles. The fraction of sp³-hybridized carbons (Fsp3) is 0.588. The maximum absolute atomic E-state index is 12.8. The maximum Gasteiger partial charge on any atom is 0.282 e. The van der Waals surface area contributed by atoms with E-state index in [1.807, 2.05) is 6.07 Å². The molecule has 2 fully saturated rings. The number of halogens is 1. The third-order valence-corrected chi connectivity index (χ3v) is 6.92. The van der Waals surface area contributed by atoms with Crippen molar-refractivity contribution in [2.24, 2.45) is 0 Å². The molecule has 0 bridgehead atoms. The van der Waals surface area contributed by atoms with E-state index >= 15 is 0 Å². The van der Waals surface area contributed by atoms with Gasteiger partial charge in [0.2, 0.25) is 5.91 Å². The van der Waals surface area contributed by atoms with Crippen LogP contribution in [0.25, 0.3) is 0 Å². The third-order valence-electron chi connectivity index (χ3n) is 4.76. The SMILES string of the molecule is O=C(CN1CCCN(Cc2cccc(Cl)c2)S1(=O)=O)NC1CCCC1. The number of nitrogens with one attached hydrogen (secondary N) is 1. The van der Waals surface area contributed by atoms with Crippen molar-refractivity contribution in [3.8, 4) is 0 Å². The number of carbonyl (C=O) groups excluding carboxylic acids is 1. The van der Waals surface area contributed by atoms with Crippen molar-refractivity contribution in [1.82, 2.24) is 13.9 Å². The van der Waals surface area contributed by atoms with Crippen LogP contribution in [0.3, 0.4) is 0 Å². The Morgan fingerprint density at radius 3 is 2.60 bits per heavy atom. The Hall–Kier alpha value is -1.15.